The van der Waals surface area contributed by atoms with Crippen LogP contribution in [0.2, 0.25) is 5.02 Å². The number of carbonyl (C=O) groups excluding carboxylic acids is 1. The van der Waals surface area contributed by atoms with E-state index in [0.29, 0.717) is 5.91 Å². The minimum absolute atomic E-state index is 0. The molecule has 0 spiro atoms. The Morgan fingerprint density at radius 1 is 0.944 bits per heavy atom. The van der Waals surface area contributed by atoms with Crippen LogP contribution in [0.25, 0.3) is 10.9 Å². The van der Waals surface area contributed by atoms with Gasteiger partial charge in [-0.3, -0.25) is 14.6 Å². The van der Waals surface area contributed by atoms with Crippen molar-refractivity contribution in [3.63, 3.8) is 0 Å². The molecule has 2 saturated heterocycles. The van der Waals surface area contributed by atoms with Gasteiger partial charge >= 0.3 is 0 Å². The number of likely N-dealkylation sites (tertiary alicyclic amines) is 1. The van der Waals surface area contributed by atoms with Crippen molar-refractivity contribution in [2.45, 2.75) is 39.3 Å². The van der Waals surface area contributed by atoms with Crippen LogP contribution in [-0.2, 0) is 17.9 Å². The summed E-state index contributed by atoms with van der Waals surface area (Å²) in [5, 5.41) is 2.04. The standard InChI is InChI=1S/C29H37ClN4O.ClH/c1-2-13-31-15-17-33(18-16-31)29(35)25-7-5-14-32(21-25)22-27-19-24-6-3-4-8-28(24)34(27)20-23-9-11-26(30)12-10-23;/h3-4,6,8-12,19,25H,2,5,7,13-18,20-22H2,1H3;1H. The molecule has 5 rings (SSSR count). The second-order valence-electron chi connectivity index (χ2n) is 10.1. The van der Waals surface area contributed by atoms with Gasteiger partial charge < -0.3 is 9.47 Å². The van der Waals surface area contributed by atoms with E-state index in [2.05, 4.69) is 68.7 Å². The summed E-state index contributed by atoms with van der Waals surface area (Å²) in [6.07, 6.45) is 3.28. The first kappa shape index (κ1) is 27.0. The molecule has 1 aromatic heterocycles. The summed E-state index contributed by atoms with van der Waals surface area (Å²) in [6.45, 7) is 10.8. The van der Waals surface area contributed by atoms with E-state index in [1.54, 1.807) is 0 Å². The Kier molecular flexibility index (Phi) is 9.35. The first-order valence-corrected chi connectivity index (χ1v) is 13.5. The molecule has 0 aliphatic carbocycles. The highest BCUT2D eigenvalue weighted by molar-refractivity contribution is 6.30. The highest BCUT2D eigenvalue weighted by Gasteiger charge is 2.31. The second-order valence-corrected chi connectivity index (χ2v) is 10.6. The fourth-order valence-corrected chi connectivity index (χ4v) is 5.88. The predicted octanol–water partition coefficient (Wildman–Crippen LogP) is 5.53. The summed E-state index contributed by atoms with van der Waals surface area (Å²) in [5.41, 5.74) is 3.81. The summed E-state index contributed by atoms with van der Waals surface area (Å²) < 4.78 is 2.43. The number of aromatic nitrogens is 1. The summed E-state index contributed by atoms with van der Waals surface area (Å²) in [5.74, 6) is 0.489. The van der Waals surface area contributed by atoms with Crippen molar-refractivity contribution in [2.75, 3.05) is 45.8 Å². The van der Waals surface area contributed by atoms with Crippen LogP contribution in [0.3, 0.4) is 0 Å². The van der Waals surface area contributed by atoms with Crippen molar-refractivity contribution in [3.8, 4) is 0 Å². The van der Waals surface area contributed by atoms with Gasteiger partial charge in [0.05, 0.1) is 5.92 Å². The predicted molar refractivity (Wildman–Crippen MR) is 151 cm³/mol. The minimum Gasteiger partial charge on any atom is -0.340 e. The van der Waals surface area contributed by atoms with Crippen LogP contribution < -0.4 is 0 Å². The number of benzene rings is 2. The van der Waals surface area contributed by atoms with Crippen molar-refractivity contribution in [3.05, 3.63) is 70.9 Å². The van der Waals surface area contributed by atoms with E-state index < -0.39 is 0 Å². The topological polar surface area (TPSA) is 31.7 Å². The molecular weight excluding hydrogens is 491 g/mol. The molecule has 0 N–H and O–H groups in total. The monoisotopic (exact) mass is 528 g/mol. The van der Waals surface area contributed by atoms with Gasteiger partial charge in [0.15, 0.2) is 0 Å². The van der Waals surface area contributed by atoms with Crippen molar-refractivity contribution in [2.24, 2.45) is 5.92 Å². The number of hydrogen-bond donors (Lipinski definition) is 0. The molecule has 7 heteroatoms. The maximum atomic E-state index is 13.4. The first-order valence-electron chi connectivity index (χ1n) is 13.2. The minimum atomic E-state index is 0. The smallest absolute Gasteiger partial charge is 0.227 e. The van der Waals surface area contributed by atoms with E-state index >= 15 is 0 Å². The number of halogens is 2. The van der Waals surface area contributed by atoms with E-state index in [1.165, 1.54) is 28.6 Å². The van der Waals surface area contributed by atoms with Crippen LogP contribution in [0.15, 0.2) is 54.6 Å². The van der Waals surface area contributed by atoms with Gasteiger partial charge in [-0.2, -0.15) is 0 Å². The zero-order valence-corrected chi connectivity index (χ0v) is 22.8. The Hall–Kier alpha value is -2.05. The fourth-order valence-electron chi connectivity index (χ4n) is 5.75. The lowest BCUT2D eigenvalue weighted by Gasteiger charge is -2.39. The van der Waals surface area contributed by atoms with Crippen LogP contribution >= 0.6 is 24.0 Å². The highest BCUT2D eigenvalue weighted by Crippen LogP contribution is 2.26. The Balaban J connectivity index is 0.00000304. The van der Waals surface area contributed by atoms with Crippen molar-refractivity contribution >= 4 is 40.8 Å². The van der Waals surface area contributed by atoms with Gasteiger partial charge in [0.25, 0.3) is 0 Å². The molecule has 1 amide bonds. The molecule has 0 saturated carbocycles. The third-order valence-electron chi connectivity index (χ3n) is 7.61. The molecule has 1 atom stereocenters. The van der Waals surface area contributed by atoms with Gasteiger partial charge in [0.2, 0.25) is 5.91 Å². The first-order chi connectivity index (χ1) is 17.1. The maximum Gasteiger partial charge on any atom is 0.227 e. The number of rotatable bonds is 7. The number of amides is 1. The molecule has 2 aromatic carbocycles. The normalized spacial score (nSPS) is 19.4. The third kappa shape index (κ3) is 6.25. The maximum absolute atomic E-state index is 13.4. The second kappa shape index (κ2) is 12.5. The van der Waals surface area contributed by atoms with Crippen LogP contribution in [0.1, 0.15) is 37.4 Å². The van der Waals surface area contributed by atoms with E-state index in [1.807, 2.05) is 12.1 Å². The summed E-state index contributed by atoms with van der Waals surface area (Å²) >= 11 is 6.12. The number of piperazine rings is 1. The van der Waals surface area contributed by atoms with E-state index in [4.69, 9.17) is 11.6 Å². The van der Waals surface area contributed by atoms with Gasteiger partial charge in [-0.05, 0) is 67.6 Å². The summed E-state index contributed by atoms with van der Waals surface area (Å²) in [6, 6.07) is 19.1. The Morgan fingerprint density at radius 2 is 1.69 bits per heavy atom. The third-order valence-corrected chi connectivity index (χ3v) is 7.87. The van der Waals surface area contributed by atoms with E-state index in [0.717, 1.165) is 76.8 Å². The number of fused-ring (bicyclic) bond motifs is 1. The molecule has 2 aliphatic rings. The van der Waals surface area contributed by atoms with Crippen LogP contribution in [0.5, 0.6) is 0 Å². The van der Waals surface area contributed by atoms with Gasteiger partial charge in [-0.1, -0.05) is 48.9 Å². The molecule has 3 aromatic rings. The highest BCUT2D eigenvalue weighted by atomic mass is 35.5. The number of hydrogen-bond acceptors (Lipinski definition) is 3. The molecule has 2 fully saturated rings. The Labute approximate surface area is 226 Å². The van der Waals surface area contributed by atoms with Gasteiger partial charge in [0.1, 0.15) is 0 Å². The number of nitrogens with zero attached hydrogens (tertiary/aromatic N) is 4. The molecule has 3 heterocycles. The van der Waals surface area contributed by atoms with Crippen molar-refractivity contribution in [1.82, 2.24) is 19.3 Å². The molecule has 0 radical (unpaired) electrons. The lowest BCUT2D eigenvalue weighted by molar-refractivity contribution is -0.139. The van der Waals surface area contributed by atoms with E-state index in [9.17, 15) is 4.79 Å². The number of carbonyl (C=O) groups is 1. The summed E-state index contributed by atoms with van der Waals surface area (Å²) in [4.78, 5) is 20.5. The van der Waals surface area contributed by atoms with Gasteiger partial charge in [-0.15, -0.1) is 12.4 Å². The van der Waals surface area contributed by atoms with Crippen LogP contribution in [0.4, 0.5) is 0 Å². The zero-order chi connectivity index (χ0) is 24.2. The average molecular weight is 530 g/mol. The SMILES string of the molecule is CCCN1CCN(C(=O)C2CCCN(Cc3cc4ccccc4n3Cc3ccc(Cl)cc3)C2)CC1.Cl. The zero-order valence-electron chi connectivity index (χ0n) is 21.2. The van der Waals surface area contributed by atoms with Gasteiger partial charge in [-0.25, -0.2) is 0 Å². The average Bonchev–Trinajstić information content (AvgIpc) is 3.22. The number of para-hydroxylation sites is 1. The number of piperidine rings is 1. The quantitative estimate of drug-likeness (QED) is 0.404. The molecule has 2 aliphatic heterocycles. The Bertz CT molecular complexity index is 1140. The molecule has 194 valence electrons. The van der Waals surface area contributed by atoms with E-state index in [-0.39, 0.29) is 18.3 Å². The fraction of sp³-hybridized carbons (Fsp3) is 0.483. The van der Waals surface area contributed by atoms with Crippen molar-refractivity contribution < 1.29 is 4.79 Å². The molecule has 1 unspecified atom stereocenters. The molecule has 36 heavy (non-hydrogen) atoms. The lowest BCUT2D eigenvalue weighted by atomic mass is 9.96. The summed E-state index contributed by atoms with van der Waals surface area (Å²) in [7, 11) is 0. The largest absolute Gasteiger partial charge is 0.340 e. The molecule has 0 bridgehead atoms. The molecular formula is C29H38Cl2N4O. The molecule has 5 nitrogen and oxygen atoms in total. The van der Waals surface area contributed by atoms with Gasteiger partial charge in [0, 0.05) is 62.0 Å². The van der Waals surface area contributed by atoms with Crippen LogP contribution in [0, 0.1) is 5.92 Å². The Morgan fingerprint density at radius 3 is 2.44 bits per heavy atom. The lowest BCUT2D eigenvalue weighted by Crippen LogP contribution is -2.52. The van der Waals surface area contributed by atoms with Crippen LogP contribution in [-0.4, -0.2) is 71.0 Å². The van der Waals surface area contributed by atoms with Crippen molar-refractivity contribution in [1.29, 1.82) is 0 Å².